The van der Waals surface area contributed by atoms with Crippen LogP contribution in [-0.4, -0.2) is 16.8 Å². The third kappa shape index (κ3) is 4.59. The van der Waals surface area contributed by atoms with Crippen molar-refractivity contribution in [3.05, 3.63) is 46.0 Å². The average molecular weight is 333 g/mol. The molecule has 0 aliphatic rings. The summed E-state index contributed by atoms with van der Waals surface area (Å²) in [7, 11) is 0. The average Bonchev–Trinajstić information content (AvgIpc) is 2.98. The Kier molecular flexibility index (Phi) is 5.80. The predicted octanol–water partition coefficient (Wildman–Crippen LogP) is 0.949. The molecule has 6 N–H and O–H groups in total. The first-order valence-corrected chi connectivity index (χ1v) is 7.96. The summed E-state index contributed by atoms with van der Waals surface area (Å²) in [4.78, 5) is 26.9. The zero-order valence-corrected chi connectivity index (χ0v) is 13.6. The molecule has 2 rings (SSSR count). The summed E-state index contributed by atoms with van der Waals surface area (Å²) in [5.41, 5.74) is 11.2. The normalized spacial score (nSPS) is 10.4. The SMILES string of the molecule is CC(=O)Nc1nc(CCc2ccc(C(=O)NN)cc2CN)cs1. The molecule has 2 aromatic rings. The van der Waals surface area contributed by atoms with Crippen LogP contribution in [0.5, 0.6) is 0 Å². The van der Waals surface area contributed by atoms with E-state index in [9.17, 15) is 9.59 Å². The zero-order valence-electron chi connectivity index (χ0n) is 12.8. The maximum Gasteiger partial charge on any atom is 0.265 e. The minimum absolute atomic E-state index is 0.134. The number of rotatable bonds is 6. The van der Waals surface area contributed by atoms with Crippen LogP contribution in [0.3, 0.4) is 0 Å². The fourth-order valence-electron chi connectivity index (χ4n) is 2.18. The summed E-state index contributed by atoms with van der Waals surface area (Å²) in [5, 5.41) is 5.18. The molecule has 0 saturated carbocycles. The largest absolute Gasteiger partial charge is 0.326 e. The Balaban J connectivity index is 2.06. The van der Waals surface area contributed by atoms with Crippen LogP contribution in [0.2, 0.25) is 0 Å². The lowest BCUT2D eigenvalue weighted by atomic mass is 9.99. The van der Waals surface area contributed by atoms with Crippen LogP contribution in [0, 0.1) is 0 Å². The molecule has 8 heteroatoms. The van der Waals surface area contributed by atoms with Crippen LogP contribution in [0.4, 0.5) is 5.13 Å². The van der Waals surface area contributed by atoms with Gasteiger partial charge in [-0.1, -0.05) is 6.07 Å². The number of carbonyl (C=O) groups is 2. The Bertz CT molecular complexity index is 714. The highest BCUT2D eigenvalue weighted by atomic mass is 32.1. The summed E-state index contributed by atoms with van der Waals surface area (Å²) < 4.78 is 0. The van der Waals surface area contributed by atoms with Crippen molar-refractivity contribution in [1.29, 1.82) is 0 Å². The lowest BCUT2D eigenvalue weighted by Gasteiger charge is -2.09. The third-order valence-electron chi connectivity index (χ3n) is 3.30. The van der Waals surface area contributed by atoms with Crippen molar-refractivity contribution >= 4 is 28.3 Å². The van der Waals surface area contributed by atoms with E-state index in [1.54, 1.807) is 12.1 Å². The highest BCUT2D eigenvalue weighted by molar-refractivity contribution is 7.13. The number of nitrogens with two attached hydrogens (primary N) is 2. The van der Waals surface area contributed by atoms with E-state index >= 15 is 0 Å². The second-order valence-electron chi connectivity index (χ2n) is 4.99. The molecule has 122 valence electrons. The second kappa shape index (κ2) is 7.82. The smallest absolute Gasteiger partial charge is 0.265 e. The van der Waals surface area contributed by atoms with Gasteiger partial charge in [0, 0.05) is 24.4 Å². The Hall–Kier alpha value is -2.29. The number of thiazole rings is 1. The molecule has 2 amide bonds. The molecule has 0 fully saturated rings. The Morgan fingerprint density at radius 1 is 1.26 bits per heavy atom. The van der Waals surface area contributed by atoms with Crippen molar-refractivity contribution in [3.8, 4) is 0 Å². The van der Waals surface area contributed by atoms with Crippen molar-refractivity contribution in [2.24, 2.45) is 11.6 Å². The zero-order chi connectivity index (χ0) is 16.8. The highest BCUT2D eigenvalue weighted by Crippen LogP contribution is 2.19. The van der Waals surface area contributed by atoms with Gasteiger partial charge in [-0.15, -0.1) is 11.3 Å². The molecule has 0 atom stereocenters. The van der Waals surface area contributed by atoms with Crippen molar-refractivity contribution in [1.82, 2.24) is 10.4 Å². The maximum atomic E-state index is 11.5. The summed E-state index contributed by atoms with van der Waals surface area (Å²) in [5.74, 6) is 4.66. The van der Waals surface area contributed by atoms with Crippen LogP contribution in [-0.2, 0) is 24.2 Å². The van der Waals surface area contributed by atoms with Gasteiger partial charge in [0.2, 0.25) is 5.91 Å². The quantitative estimate of drug-likeness (QED) is 0.356. The minimum Gasteiger partial charge on any atom is -0.326 e. The van der Waals surface area contributed by atoms with Gasteiger partial charge in [0.25, 0.3) is 5.91 Å². The van der Waals surface area contributed by atoms with E-state index in [1.807, 2.05) is 11.4 Å². The molecular weight excluding hydrogens is 314 g/mol. The van der Waals surface area contributed by atoms with Crippen molar-refractivity contribution < 1.29 is 9.59 Å². The topological polar surface area (TPSA) is 123 Å². The Morgan fingerprint density at radius 2 is 2.04 bits per heavy atom. The first-order valence-electron chi connectivity index (χ1n) is 7.08. The number of benzene rings is 1. The van der Waals surface area contributed by atoms with Gasteiger partial charge in [0.05, 0.1) is 5.69 Å². The van der Waals surface area contributed by atoms with E-state index in [-0.39, 0.29) is 11.8 Å². The van der Waals surface area contributed by atoms with Gasteiger partial charge in [-0.25, -0.2) is 10.8 Å². The third-order valence-corrected chi connectivity index (χ3v) is 4.11. The van der Waals surface area contributed by atoms with Crippen molar-refractivity contribution in [3.63, 3.8) is 0 Å². The number of nitrogens with one attached hydrogen (secondary N) is 2. The molecule has 1 aromatic carbocycles. The summed E-state index contributed by atoms with van der Waals surface area (Å²) in [6.45, 7) is 1.79. The lowest BCUT2D eigenvalue weighted by molar-refractivity contribution is -0.114. The standard InChI is InChI=1S/C15H19N5O2S/c1-9(21)18-15-19-13(8-23-15)5-4-10-2-3-11(14(22)20-17)6-12(10)7-16/h2-3,6,8H,4-5,7,16-17H2,1H3,(H,20,22)(H,18,19,21). The van der Waals surface area contributed by atoms with E-state index in [4.69, 9.17) is 11.6 Å². The highest BCUT2D eigenvalue weighted by Gasteiger charge is 2.09. The van der Waals surface area contributed by atoms with Gasteiger partial charge in [0.15, 0.2) is 5.13 Å². The van der Waals surface area contributed by atoms with Gasteiger partial charge >= 0.3 is 0 Å². The van der Waals surface area contributed by atoms with Crippen LogP contribution < -0.4 is 22.3 Å². The molecule has 0 spiro atoms. The molecule has 0 bridgehead atoms. The summed E-state index contributed by atoms with van der Waals surface area (Å²) in [6, 6.07) is 5.36. The molecule has 0 aliphatic carbocycles. The molecule has 0 radical (unpaired) electrons. The first kappa shape index (κ1) is 17.1. The van der Waals surface area contributed by atoms with Crippen molar-refractivity contribution in [2.75, 3.05) is 5.32 Å². The molecule has 0 unspecified atom stereocenters. The fourth-order valence-corrected chi connectivity index (χ4v) is 2.97. The van der Waals surface area contributed by atoms with E-state index < -0.39 is 0 Å². The number of nitrogens with zero attached hydrogens (tertiary/aromatic N) is 1. The minimum atomic E-state index is -0.342. The predicted molar refractivity (Wildman–Crippen MR) is 89.8 cm³/mol. The Morgan fingerprint density at radius 3 is 2.70 bits per heavy atom. The number of nitrogen functional groups attached to an aromatic ring is 1. The van der Waals surface area contributed by atoms with Gasteiger partial charge in [-0.2, -0.15) is 0 Å². The number of carbonyl (C=O) groups excluding carboxylic acids is 2. The first-order chi connectivity index (χ1) is 11.0. The van der Waals surface area contributed by atoms with E-state index in [1.165, 1.54) is 18.3 Å². The number of aryl methyl sites for hydroxylation is 2. The van der Waals surface area contributed by atoms with E-state index in [0.29, 0.717) is 17.2 Å². The van der Waals surface area contributed by atoms with E-state index in [0.717, 1.165) is 29.7 Å². The molecule has 1 aromatic heterocycles. The van der Waals surface area contributed by atoms with Gasteiger partial charge < -0.3 is 11.1 Å². The Labute approximate surface area is 138 Å². The lowest BCUT2D eigenvalue weighted by Crippen LogP contribution is -2.30. The molecule has 23 heavy (non-hydrogen) atoms. The van der Waals surface area contributed by atoms with Crippen LogP contribution >= 0.6 is 11.3 Å². The summed E-state index contributed by atoms with van der Waals surface area (Å²) in [6.07, 6.45) is 1.48. The molecule has 0 saturated heterocycles. The van der Waals surface area contributed by atoms with E-state index in [2.05, 4.69) is 15.7 Å². The number of hydrogen-bond acceptors (Lipinski definition) is 6. The van der Waals surface area contributed by atoms with Gasteiger partial charge in [-0.05, 0) is 36.1 Å². The summed E-state index contributed by atoms with van der Waals surface area (Å²) >= 11 is 1.40. The van der Waals surface area contributed by atoms with Crippen molar-refractivity contribution in [2.45, 2.75) is 26.3 Å². The maximum absolute atomic E-state index is 11.5. The molecule has 0 aliphatic heterocycles. The van der Waals surface area contributed by atoms with Crippen LogP contribution in [0.15, 0.2) is 23.6 Å². The van der Waals surface area contributed by atoms with Crippen LogP contribution in [0.25, 0.3) is 0 Å². The van der Waals surface area contributed by atoms with Gasteiger partial charge in [-0.3, -0.25) is 15.0 Å². The number of hydrazine groups is 1. The molecule has 1 heterocycles. The number of aromatic nitrogens is 1. The fraction of sp³-hybridized carbons (Fsp3) is 0.267. The van der Waals surface area contributed by atoms with Crippen LogP contribution in [0.1, 0.15) is 34.1 Å². The number of hydrogen-bond donors (Lipinski definition) is 4. The second-order valence-corrected chi connectivity index (χ2v) is 5.84. The monoisotopic (exact) mass is 333 g/mol. The molecular formula is C15H19N5O2S. The number of amides is 2. The van der Waals surface area contributed by atoms with Gasteiger partial charge in [0.1, 0.15) is 0 Å². The molecule has 7 nitrogen and oxygen atoms in total. The number of anilines is 1.